The van der Waals surface area contributed by atoms with Gasteiger partial charge in [-0.25, -0.2) is 0 Å². The van der Waals surface area contributed by atoms with Crippen molar-refractivity contribution < 1.29 is 8.76 Å². The van der Waals surface area contributed by atoms with Gasteiger partial charge in [-0.1, -0.05) is 0 Å². The third kappa shape index (κ3) is 2.59. The minimum atomic E-state index is -3.55. The highest BCUT2D eigenvalue weighted by Gasteiger charge is 2.27. The van der Waals surface area contributed by atoms with Crippen LogP contribution in [-0.4, -0.2) is 10.8 Å². The second kappa shape index (κ2) is 2.95. The molecule has 0 aromatic carbocycles. The number of halogens is 1. The molecule has 0 heterocycles. The van der Waals surface area contributed by atoms with Crippen LogP contribution < -0.4 is 5.73 Å². The topological polar surface area (TPSA) is 87.2 Å². The molecule has 0 saturated carbocycles. The van der Waals surface area contributed by atoms with E-state index in [1.165, 1.54) is 0 Å². The van der Waals surface area contributed by atoms with Crippen LogP contribution in [0.1, 0.15) is 0 Å². The van der Waals surface area contributed by atoms with Crippen LogP contribution in [0.15, 0.2) is 11.1 Å². The van der Waals surface area contributed by atoms with Crippen molar-refractivity contribution in [2.75, 3.05) is 0 Å². The van der Waals surface area contributed by atoms with E-state index in [1.54, 1.807) is 0 Å². The summed E-state index contributed by atoms with van der Waals surface area (Å²) in [6.45, 7) is 0. The Labute approximate surface area is 58.0 Å². The molecule has 0 aliphatic heterocycles. The van der Waals surface area contributed by atoms with Crippen molar-refractivity contribution in [2.45, 2.75) is 0 Å². The fourth-order valence-corrected chi connectivity index (χ4v) is 0.806. The summed E-state index contributed by atoms with van der Waals surface area (Å²) in [5, 5.41) is 6.52. The zero-order valence-corrected chi connectivity index (χ0v) is 5.95. The van der Waals surface area contributed by atoms with Gasteiger partial charge in [0.1, 0.15) is 0 Å². The number of rotatable bonds is 2. The van der Waals surface area contributed by atoms with Crippen molar-refractivity contribution in [1.29, 1.82) is 5.41 Å². The average Bonchev–Trinajstić information content (AvgIpc) is 1.65. The standard InChI is InChI=1S/C3H5ClN2O2S/c4-9(7,8)3(1-5)2-6/h1-2,5H,6H2/p+1/b3-2+,5-1?. The Balaban J connectivity index is 4.54. The lowest BCUT2D eigenvalue weighted by Gasteiger charge is -1.88. The van der Waals surface area contributed by atoms with Crippen molar-refractivity contribution >= 4 is 26.3 Å². The molecule has 0 aliphatic carbocycles. The monoisotopic (exact) mass is 169 g/mol. The van der Waals surface area contributed by atoms with E-state index in [1.807, 2.05) is 0 Å². The summed E-state index contributed by atoms with van der Waals surface area (Å²) in [5.74, 6) is 0. The van der Waals surface area contributed by atoms with Gasteiger partial charge in [0.2, 0.25) is 15.6 Å². The SMILES string of the molecule is N=C/C(=C\N)[S+](=O)(O)Cl. The summed E-state index contributed by atoms with van der Waals surface area (Å²) >= 11 is 0. The Morgan fingerprint density at radius 3 is 2.33 bits per heavy atom. The molecule has 4 nitrogen and oxygen atoms in total. The normalized spacial score (nSPS) is 18.7. The van der Waals surface area contributed by atoms with Gasteiger partial charge in [0.05, 0.1) is 12.4 Å². The molecule has 0 aliphatic rings. The molecular formula is C3H6ClN2O2S+. The highest BCUT2D eigenvalue weighted by atomic mass is 35.7. The van der Waals surface area contributed by atoms with Gasteiger partial charge in [-0.3, -0.25) is 0 Å². The molecule has 1 atom stereocenters. The average molecular weight is 170 g/mol. The zero-order valence-electron chi connectivity index (χ0n) is 4.37. The Kier molecular flexibility index (Phi) is 2.83. The van der Waals surface area contributed by atoms with E-state index in [9.17, 15) is 4.21 Å². The van der Waals surface area contributed by atoms with Gasteiger partial charge in [0, 0.05) is 0 Å². The van der Waals surface area contributed by atoms with Crippen LogP contribution >= 0.6 is 10.7 Å². The summed E-state index contributed by atoms with van der Waals surface area (Å²) < 4.78 is 18.8. The molecule has 0 rings (SSSR count). The van der Waals surface area contributed by atoms with Crippen LogP contribution in [0.5, 0.6) is 0 Å². The molecule has 52 valence electrons. The maximum absolute atomic E-state index is 10.4. The Morgan fingerprint density at radius 2 is 2.33 bits per heavy atom. The molecule has 0 fully saturated rings. The third-order valence-electron chi connectivity index (χ3n) is 0.597. The summed E-state index contributed by atoms with van der Waals surface area (Å²) in [4.78, 5) is -0.288. The highest BCUT2D eigenvalue weighted by Crippen LogP contribution is 2.14. The first-order chi connectivity index (χ1) is 4.02. The molecule has 0 bridgehead atoms. The molecule has 6 heteroatoms. The minimum absolute atomic E-state index is 0.288. The molecular weight excluding hydrogens is 164 g/mol. The lowest BCUT2D eigenvalue weighted by molar-refractivity contribution is 0.520. The first-order valence-electron chi connectivity index (χ1n) is 1.91. The Bertz CT molecular complexity index is 184. The van der Waals surface area contributed by atoms with Crippen molar-refractivity contribution in [3.8, 4) is 0 Å². The van der Waals surface area contributed by atoms with Gasteiger partial charge >= 0.3 is 9.43 Å². The van der Waals surface area contributed by atoms with Crippen LogP contribution in [0.2, 0.25) is 0 Å². The van der Waals surface area contributed by atoms with E-state index in [0.29, 0.717) is 6.21 Å². The van der Waals surface area contributed by atoms with Crippen molar-refractivity contribution in [3.05, 3.63) is 11.1 Å². The Morgan fingerprint density at radius 1 is 1.89 bits per heavy atom. The summed E-state index contributed by atoms with van der Waals surface area (Å²) in [7, 11) is 1.33. The molecule has 4 N–H and O–H groups in total. The van der Waals surface area contributed by atoms with Gasteiger partial charge < -0.3 is 11.1 Å². The van der Waals surface area contributed by atoms with E-state index in [4.69, 9.17) is 26.4 Å². The van der Waals surface area contributed by atoms with E-state index in [0.717, 1.165) is 6.20 Å². The Hall–Kier alpha value is -0.390. The van der Waals surface area contributed by atoms with E-state index in [-0.39, 0.29) is 4.91 Å². The summed E-state index contributed by atoms with van der Waals surface area (Å²) in [5.41, 5.74) is 4.83. The maximum Gasteiger partial charge on any atom is 0.351 e. The van der Waals surface area contributed by atoms with Gasteiger partial charge in [0.15, 0.2) is 0 Å². The van der Waals surface area contributed by atoms with Crippen molar-refractivity contribution in [1.82, 2.24) is 0 Å². The maximum atomic E-state index is 10.4. The smallest absolute Gasteiger partial charge is 0.351 e. The molecule has 0 aromatic heterocycles. The lowest BCUT2D eigenvalue weighted by Crippen LogP contribution is -2.05. The number of nitrogens with one attached hydrogen (secondary N) is 1. The molecule has 0 aromatic rings. The van der Waals surface area contributed by atoms with Crippen molar-refractivity contribution in [2.24, 2.45) is 5.73 Å². The van der Waals surface area contributed by atoms with Crippen molar-refractivity contribution in [3.63, 3.8) is 0 Å². The summed E-state index contributed by atoms with van der Waals surface area (Å²) in [6.07, 6.45) is 1.46. The number of allylic oxidation sites excluding steroid dienone is 1. The van der Waals surface area contributed by atoms with Crippen LogP contribution in [0.3, 0.4) is 0 Å². The molecule has 0 saturated heterocycles. The first-order valence-corrected chi connectivity index (χ1v) is 4.25. The predicted molar refractivity (Wildman–Crippen MR) is 37.6 cm³/mol. The predicted octanol–water partition coefficient (Wildman–Crippen LogP) is 0.562. The zero-order chi connectivity index (χ0) is 7.49. The number of hydrogen-bond donors (Lipinski definition) is 3. The fraction of sp³-hybridized carbons (Fsp3) is 0. The van der Waals surface area contributed by atoms with E-state index >= 15 is 0 Å². The summed E-state index contributed by atoms with van der Waals surface area (Å²) in [6, 6.07) is 0. The first kappa shape index (κ1) is 8.61. The van der Waals surface area contributed by atoms with E-state index in [2.05, 4.69) is 0 Å². The molecule has 1 unspecified atom stereocenters. The van der Waals surface area contributed by atoms with E-state index < -0.39 is 9.43 Å². The van der Waals surface area contributed by atoms with Gasteiger partial charge in [0.25, 0.3) is 0 Å². The van der Waals surface area contributed by atoms with Crippen LogP contribution in [0.25, 0.3) is 0 Å². The number of hydrogen-bond acceptors (Lipinski definition) is 3. The molecule has 0 amide bonds. The van der Waals surface area contributed by atoms with Gasteiger partial charge in [-0.15, -0.1) is 0 Å². The third-order valence-corrected chi connectivity index (χ3v) is 1.97. The minimum Gasteiger partial charge on any atom is -0.400 e. The van der Waals surface area contributed by atoms with Crippen LogP contribution in [0.4, 0.5) is 0 Å². The highest BCUT2D eigenvalue weighted by molar-refractivity contribution is 8.22. The van der Waals surface area contributed by atoms with Crippen LogP contribution in [0, 0.1) is 5.41 Å². The fourth-order valence-electron chi connectivity index (χ4n) is 0.205. The molecule has 0 spiro atoms. The quantitative estimate of drug-likeness (QED) is 0.321. The molecule has 0 radical (unpaired) electrons. The lowest BCUT2D eigenvalue weighted by atomic mass is 10.7. The molecule has 9 heavy (non-hydrogen) atoms. The second-order valence-electron chi connectivity index (χ2n) is 1.17. The number of nitrogens with two attached hydrogens (primary N) is 1. The van der Waals surface area contributed by atoms with Gasteiger partial charge in [-0.05, 0) is 4.21 Å². The second-order valence-corrected chi connectivity index (χ2v) is 3.81. The van der Waals surface area contributed by atoms with Crippen LogP contribution in [-0.2, 0) is 13.6 Å². The van der Waals surface area contributed by atoms with Gasteiger partial charge in [-0.2, -0.15) is 4.55 Å². The largest absolute Gasteiger partial charge is 0.400 e.